The lowest BCUT2D eigenvalue weighted by Crippen LogP contribution is -2.45. The summed E-state index contributed by atoms with van der Waals surface area (Å²) in [5.74, 6) is 0.190. The first kappa shape index (κ1) is 16.8. The van der Waals surface area contributed by atoms with E-state index in [9.17, 15) is 9.50 Å². The van der Waals surface area contributed by atoms with E-state index in [0.29, 0.717) is 12.0 Å². The third-order valence-electron chi connectivity index (χ3n) is 5.19. The third kappa shape index (κ3) is 4.98. The normalized spacial score (nSPS) is 26.7. The van der Waals surface area contributed by atoms with Crippen molar-refractivity contribution in [3.63, 3.8) is 0 Å². The standard InChI is InChI=1S/C18H28FN3O/c19-16-3-1-14(2-4-16)5-8-22-9-6-17(7-10-22)21-12-15-11-20-13-18(15)23/h1-4,15,17-18,20-21,23H,5-13H2. The Labute approximate surface area is 138 Å². The number of aliphatic hydroxyl groups excluding tert-OH is 1. The molecular formula is C18H28FN3O. The summed E-state index contributed by atoms with van der Waals surface area (Å²) in [7, 11) is 0. The lowest BCUT2D eigenvalue weighted by molar-refractivity contribution is 0.138. The van der Waals surface area contributed by atoms with Gasteiger partial charge in [-0.1, -0.05) is 12.1 Å². The predicted octanol–water partition coefficient (Wildman–Crippen LogP) is 1.00. The van der Waals surface area contributed by atoms with Crippen LogP contribution in [0.5, 0.6) is 0 Å². The molecule has 0 aromatic heterocycles. The molecule has 1 aromatic carbocycles. The summed E-state index contributed by atoms with van der Waals surface area (Å²) in [4.78, 5) is 2.49. The molecule has 3 rings (SSSR count). The number of hydrogen-bond donors (Lipinski definition) is 3. The summed E-state index contributed by atoms with van der Waals surface area (Å²) in [5.41, 5.74) is 1.20. The van der Waals surface area contributed by atoms with Gasteiger partial charge >= 0.3 is 0 Å². The largest absolute Gasteiger partial charge is 0.391 e. The molecule has 128 valence electrons. The first-order valence-electron chi connectivity index (χ1n) is 8.79. The Morgan fingerprint density at radius 2 is 1.91 bits per heavy atom. The van der Waals surface area contributed by atoms with Crippen LogP contribution < -0.4 is 10.6 Å². The van der Waals surface area contributed by atoms with E-state index in [4.69, 9.17) is 0 Å². The zero-order chi connectivity index (χ0) is 16.1. The highest BCUT2D eigenvalue weighted by Gasteiger charge is 2.26. The Hall–Kier alpha value is -1.01. The van der Waals surface area contributed by atoms with Crippen molar-refractivity contribution in [2.75, 3.05) is 39.3 Å². The lowest BCUT2D eigenvalue weighted by Gasteiger charge is -2.33. The van der Waals surface area contributed by atoms with Gasteiger partial charge in [0.1, 0.15) is 5.82 Å². The zero-order valence-corrected chi connectivity index (χ0v) is 13.7. The highest BCUT2D eigenvalue weighted by atomic mass is 19.1. The molecule has 0 spiro atoms. The number of rotatable bonds is 6. The second kappa shape index (κ2) is 8.20. The van der Waals surface area contributed by atoms with Gasteiger partial charge in [0.15, 0.2) is 0 Å². The molecule has 2 atom stereocenters. The topological polar surface area (TPSA) is 47.5 Å². The molecule has 3 N–H and O–H groups in total. The molecule has 2 saturated heterocycles. The summed E-state index contributed by atoms with van der Waals surface area (Å²) >= 11 is 0. The van der Waals surface area contributed by atoms with Crippen LogP contribution in [-0.4, -0.2) is 61.4 Å². The van der Waals surface area contributed by atoms with Crippen LogP contribution >= 0.6 is 0 Å². The van der Waals surface area contributed by atoms with Crippen molar-refractivity contribution in [2.45, 2.75) is 31.4 Å². The lowest BCUT2D eigenvalue weighted by atomic mass is 10.0. The van der Waals surface area contributed by atoms with Crippen LogP contribution in [0.2, 0.25) is 0 Å². The molecule has 23 heavy (non-hydrogen) atoms. The Bertz CT molecular complexity index is 474. The monoisotopic (exact) mass is 321 g/mol. The van der Waals surface area contributed by atoms with Gasteiger partial charge in [0.2, 0.25) is 0 Å². The number of likely N-dealkylation sites (tertiary alicyclic amines) is 1. The van der Waals surface area contributed by atoms with E-state index < -0.39 is 0 Å². The molecule has 2 aliphatic rings. The van der Waals surface area contributed by atoms with Gasteiger partial charge in [-0.2, -0.15) is 0 Å². The number of nitrogens with one attached hydrogen (secondary N) is 2. The summed E-state index contributed by atoms with van der Waals surface area (Å²) < 4.78 is 12.9. The van der Waals surface area contributed by atoms with Gasteiger partial charge in [0.25, 0.3) is 0 Å². The van der Waals surface area contributed by atoms with Crippen molar-refractivity contribution in [2.24, 2.45) is 5.92 Å². The minimum Gasteiger partial charge on any atom is -0.391 e. The average molecular weight is 321 g/mol. The van der Waals surface area contributed by atoms with E-state index in [0.717, 1.165) is 45.7 Å². The minimum absolute atomic E-state index is 0.164. The number of hydrogen-bond acceptors (Lipinski definition) is 4. The second-order valence-electron chi connectivity index (χ2n) is 6.89. The summed E-state index contributed by atoms with van der Waals surface area (Å²) in [6, 6.07) is 7.41. The molecule has 5 heteroatoms. The van der Waals surface area contributed by atoms with E-state index in [1.54, 1.807) is 0 Å². The number of aliphatic hydroxyl groups is 1. The van der Waals surface area contributed by atoms with Gasteiger partial charge in [-0.3, -0.25) is 0 Å². The van der Waals surface area contributed by atoms with Crippen LogP contribution in [-0.2, 0) is 6.42 Å². The van der Waals surface area contributed by atoms with E-state index in [1.807, 2.05) is 12.1 Å². The van der Waals surface area contributed by atoms with Gasteiger partial charge in [0.05, 0.1) is 6.10 Å². The first-order valence-corrected chi connectivity index (χ1v) is 8.79. The van der Waals surface area contributed by atoms with Crippen LogP contribution in [0, 0.1) is 11.7 Å². The molecule has 4 nitrogen and oxygen atoms in total. The van der Waals surface area contributed by atoms with Gasteiger partial charge in [0, 0.05) is 38.1 Å². The van der Waals surface area contributed by atoms with Crippen molar-refractivity contribution >= 4 is 0 Å². The fraction of sp³-hybridized carbons (Fsp3) is 0.667. The smallest absolute Gasteiger partial charge is 0.123 e. The highest BCUT2D eigenvalue weighted by molar-refractivity contribution is 5.16. The molecular weight excluding hydrogens is 293 g/mol. The Kier molecular flexibility index (Phi) is 6.00. The van der Waals surface area contributed by atoms with Crippen LogP contribution in [0.25, 0.3) is 0 Å². The van der Waals surface area contributed by atoms with Crippen LogP contribution in [0.3, 0.4) is 0 Å². The van der Waals surface area contributed by atoms with E-state index in [-0.39, 0.29) is 11.9 Å². The Balaban J connectivity index is 1.33. The predicted molar refractivity (Wildman–Crippen MR) is 89.9 cm³/mol. The average Bonchev–Trinajstić information content (AvgIpc) is 2.98. The molecule has 0 amide bonds. The van der Waals surface area contributed by atoms with Gasteiger partial charge in [-0.15, -0.1) is 0 Å². The van der Waals surface area contributed by atoms with Crippen LogP contribution in [0.15, 0.2) is 24.3 Å². The maximum atomic E-state index is 12.9. The summed E-state index contributed by atoms with van der Waals surface area (Å²) in [5, 5.41) is 16.7. The highest BCUT2D eigenvalue weighted by Crippen LogP contribution is 2.14. The molecule has 2 heterocycles. The molecule has 0 radical (unpaired) electrons. The van der Waals surface area contributed by atoms with Crippen molar-refractivity contribution in [1.29, 1.82) is 0 Å². The Morgan fingerprint density at radius 1 is 1.17 bits per heavy atom. The van der Waals surface area contributed by atoms with E-state index in [1.165, 1.54) is 30.5 Å². The first-order chi connectivity index (χ1) is 11.2. The fourth-order valence-corrected chi connectivity index (χ4v) is 3.54. The molecule has 2 aliphatic heterocycles. The van der Waals surface area contributed by atoms with Crippen molar-refractivity contribution in [1.82, 2.24) is 15.5 Å². The van der Waals surface area contributed by atoms with Gasteiger partial charge < -0.3 is 20.6 Å². The van der Waals surface area contributed by atoms with Crippen molar-refractivity contribution < 1.29 is 9.50 Å². The molecule has 2 unspecified atom stereocenters. The molecule has 0 saturated carbocycles. The molecule has 0 aliphatic carbocycles. The maximum Gasteiger partial charge on any atom is 0.123 e. The number of β-amino-alcohol motifs (C(OH)–C–C–N with tert-alkyl or cyclic N) is 1. The molecule has 1 aromatic rings. The van der Waals surface area contributed by atoms with E-state index >= 15 is 0 Å². The van der Waals surface area contributed by atoms with E-state index in [2.05, 4.69) is 15.5 Å². The number of benzene rings is 1. The van der Waals surface area contributed by atoms with Gasteiger partial charge in [-0.25, -0.2) is 4.39 Å². The summed E-state index contributed by atoms with van der Waals surface area (Å²) in [6.07, 6.45) is 3.12. The SMILES string of the molecule is OC1CNCC1CNC1CCN(CCc2ccc(F)cc2)CC1. The molecule has 0 bridgehead atoms. The minimum atomic E-state index is -0.196. The third-order valence-corrected chi connectivity index (χ3v) is 5.19. The molecule has 2 fully saturated rings. The number of piperidine rings is 1. The van der Waals surface area contributed by atoms with Crippen molar-refractivity contribution in [3.8, 4) is 0 Å². The fourth-order valence-electron chi connectivity index (χ4n) is 3.54. The van der Waals surface area contributed by atoms with Gasteiger partial charge in [-0.05, 0) is 50.0 Å². The second-order valence-corrected chi connectivity index (χ2v) is 6.89. The Morgan fingerprint density at radius 3 is 2.57 bits per heavy atom. The van der Waals surface area contributed by atoms with Crippen LogP contribution in [0.1, 0.15) is 18.4 Å². The van der Waals surface area contributed by atoms with Crippen molar-refractivity contribution in [3.05, 3.63) is 35.6 Å². The summed E-state index contributed by atoms with van der Waals surface area (Å²) in [6.45, 7) is 5.84. The zero-order valence-electron chi connectivity index (χ0n) is 13.7. The number of halogens is 1. The maximum absolute atomic E-state index is 12.9. The number of nitrogens with zero attached hydrogens (tertiary/aromatic N) is 1. The quantitative estimate of drug-likeness (QED) is 0.732. The van der Waals surface area contributed by atoms with Crippen LogP contribution in [0.4, 0.5) is 4.39 Å².